The Hall–Kier alpha value is -2.79. The number of methoxy groups -OCH3 is 1. The largest absolute Gasteiger partial charge is 0.499 e. The van der Waals surface area contributed by atoms with Crippen molar-refractivity contribution in [2.45, 2.75) is 19.8 Å². The second-order valence-electron chi connectivity index (χ2n) is 7.43. The summed E-state index contributed by atoms with van der Waals surface area (Å²) in [4.78, 5) is 13.4. The van der Waals surface area contributed by atoms with E-state index in [1.54, 1.807) is 7.11 Å². The molecule has 0 spiro atoms. The van der Waals surface area contributed by atoms with Gasteiger partial charge < -0.3 is 14.6 Å². The van der Waals surface area contributed by atoms with Gasteiger partial charge in [-0.1, -0.05) is 36.4 Å². The van der Waals surface area contributed by atoms with E-state index in [4.69, 9.17) is 9.47 Å². The summed E-state index contributed by atoms with van der Waals surface area (Å²) in [6, 6.07) is 16.2. The Morgan fingerprint density at radius 1 is 1.24 bits per heavy atom. The van der Waals surface area contributed by atoms with Crippen molar-refractivity contribution < 1.29 is 19.4 Å². The second kappa shape index (κ2) is 10.1. The molecule has 154 valence electrons. The lowest BCUT2D eigenvalue weighted by Gasteiger charge is -2.30. The van der Waals surface area contributed by atoms with Gasteiger partial charge in [0, 0.05) is 18.7 Å². The molecular weight excluding hydrogens is 366 g/mol. The molecule has 29 heavy (non-hydrogen) atoms. The first-order chi connectivity index (χ1) is 14.1. The van der Waals surface area contributed by atoms with Crippen LogP contribution in [-0.4, -0.2) is 49.3 Å². The van der Waals surface area contributed by atoms with Gasteiger partial charge >= 0.3 is 5.97 Å². The minimum atomic E-state index is -0.699. The number of likely N-dealkylation sites (tertiary alicyclic amines) is 1. The lowest BCUT2D eigenvalue weighted by molar-refractivity contribution is -0.143. The average Bonchev–Trinajstić information content (AvgIpc) is 2.75. The first kappa shape index (κ1) is 20.9. The molecule has 1 aliphatic rings. The van der Waals surface area contributed by atoms with Gasteiger partial charge in [-0.25, -0.2) is 0 Å². The van der Waals surface area contributed by atoms with Gasteiger partial charge in [-0.3, -0.25) is 9.69 Å². The summed E-state index contributed by atoms with van der Waals surface area (Å²) in [5.41, 5.74) is 4.32. The maximum Gasteiger partial charge on any atom is 0.307 e. The Balaban J connectivity index is 1.72. The van der Waals surface area contributed by atoms with Crippen LogP contribution >= 0.6 is 0 Å². The van der Waals surface area contributed by atoms with E-state index in [1.165, 1.54) is 5.56 Å². The lowest BCUT2D eigenvalue weighted by atomic mass is 9.95. The quantitative estimate of drug-likeness (QED) is 0.536. The minimum Gasteiger partial charge on any atom is -0.499 e. The van der Waals surface area contributed by atoms with Crippen molar-refractivity contribution in [1.29, 1.82) is 0 Å². The zero-order valence-corrected chi connectivity index (χ0v) is 17.1. The van der Waals surface area contributed by atoms with Crippen LogP contribution in [0.4, 0.5) is 0 Å². The van der Waals surface area contributed by atoms with E-state index >= 15 is 0 Å². The third-order valence-corrected chi connectivity index (χ3v) is 5.40. The molecule has 0 aromatic heterocycles. The Labute approximate surface area is 172 Å². The van der Waals surface area contributed by atoms with Crippen molar-refractivity contribution in [2.75, 3.05) is 33.4 Å². The molecule has 0 unspecified atom stereocenters. The van der Waals surface area contributed by atoms with Crippen LogP contribution in [0.15, 0.2) is 54.8 Å². The molecule has 0 amide bonds. The van der Waals surface area contributed by atoms with Crippen LogP contribution in [0.5, 0.6) is 5.75 Å². The number of nitrogens with zero attached hydrogens (tertiary/aromatic N) is 1. The molecule has 5 nitrogen and oxygen atoms in total. The highest BCUT2D eigenvalue weighted by molar-refractivity contribution is 5.81. The number of carboxylic acids is 1. The van der Waals surface area contributed by atoms with Crippen molar-refractivity contribution in [3.05, 3.63) is 71.5 Å². The number of hydrogen-bond donors (Lipinski definition) is 1. The fourth-order valence-corrected chi connectivity index (χ4v) is 3.74. The van der Waals surface area contributed by atoms with Gasteiger partial charge in [-0.05, 0) is 55.1 Å². The molecule has 1 aliphatic heterocycles. The van der Waals surface area contributed by atoms with Crippen molar-refractivity contribution in [3.63, 3.8) is 0 Å². The summed E-state index contributed by atoms with van der Waals surface area (Å²) in [5.74, 6) is -0.163. The molecule has 1 saturated heterocycles. The predicted molar refractivity (Wildman–Crippen MR) is 114 cm³/mol. The molecule has 0 aliphatic carbocycles. The van der Waals surface area contributed by atoms with Gasteiger partial charge in [0.15, 0.2) is 0 Å². The van der Waals surface area contributed by atoms with E-state index in [-0.39, 0.29) is 5.92 Å². The Morgan fingerprint density at radius 3 is 2.83 bits per heavy atom. The summed E-state index contributed by atoms with van der Waals surface area (Å²) in [5, 5.41) is 9.24. The third kappa shape index (κ3) is 5.61. The smallest absolute Gasteiger partial charge is 0.307 e. The molecule has 2 aromatic carbocycles. The highest BCUT2D eigenvalue weighted by Crippen LogP contribution is 2.28. The van der Waals surface area contributed by atoms with E-state index in [0.717, 1.165) is 48.4 Å². The molecule has 2 aromatic rings. The highest BCUT2D eigenvalue weighted by Gasteiger charge is 2.24. The average molecular weight is 395 g/mol. The van der Waals surface area contributed by atoms with Crippen LogP contribution in [-0.2, 0) is 9.53 Å². The van der Waals surface area contributed by atoms with Crippen molar-refractivity contribution in [1.82, 2.24) is 4.90 Å². The first-order valence-corrected chi connectivity index (χ1v) is 10.1. The summed E-state index contributed by atoms with van der Waals surface area (Å²) >= 11 is 0. The van der Waals surface area contributed by atoms with E-state index in [1.807, 2.05) is 42.7 Å². The normalized spacial score (nSPS) is 17.7. The third-order valence-electron chi connectivity index (χ3n) is 5.40. The number of ether oxygens (including phenoxy) is 2. The molecule has 1 atom stereocenters. The number of benzene rings is 2. The molecule has 1 fully saturated rings. The fraction of sp³-hybridized carbons (Fsp3) is 0.375. The zero-order chi connectivity index (χ0) is 20.6. The monoisotopic (exact) mass is 395 g/mol. The van der Waals surface area contributed by atoms with E-state index in [2.05, 4.69) is 24.0 Å². The van der Waals surface area contributed by atoms with Crippen LogP contribution in [0.2, 0.25) is 0 Å². The number of carbonyl (C=O) groups is 1. The summed E-state index contributed by atoms with van der Waals surface area (Å²) in [6.45, 7) is 4.86. The number of aryl methyl sites for hydroxylation is 1. The molecule has 3 rings (SSSR count). The van der Waals surface area contributed by atoms with Gasteiger partial charge in [0.25, 0.3) is 0 Å². The molecule has 0 bridgehead atoms. The van der Waals surface area contributed by atoms with Gasteiger partial charge in [0.2, 0.25) is 0 Å². The fourth-order valence-electron chi connectivity index (χ4n) is 3.74. The van der Waals surface area contributed by atoms with Gasteiger partial charge in [0.05, 0.1) is 19.3 Å². The Morgan fingerprint density at radius 2 is 2.07 bits per heavy atom. The van der Waals surface area contributed by atoms with Crippen LogP contribution in [0.25, 0.3) is 5.57 Å². The number of carboxylic acid groups (broad SMARTS) is 1. The molecule has 0 saturated carbocycles. The van der Waals surface area contributed by atoms with Gasteiger partial charge in [-0.2, -0.15) is 0 Å². The van der Waals surface area contributed by atoms with E-state index in [0.29, 0.717) is 13.2 Å². The summed E-state index contributed by atoms with van der Waals surface area (Å²) < 4.78 is 11.3. The van der Waals surface area contributed by atoms with Crippen LogP contribution in [0.1, 0.15) is 29.5 Å². The maximum absolute atomic E-state index is 11.2. The Bertz CT molecular complexity index is 861. The molecule has 1 heterocycles. The predicted octanol–water partition coefficient (Wildman–Crippen LogP) is 4.21. The molecule has 0 radical (unpaired) electrons. The van der Waals surface area contributed by atoms with Crippen LogP contribution < -0.4 is 4.74 Å². The number of hydrogen-bond acceptors (Lipinski definition) is 4. The first-order valence-electron chi connectivity index (χ1n) is 10.1. The maximum atomic E-state index is 11.2. The SMILES string of the molecule is COc1cccc(/C(=C/OCCN2CCC[C@@H](C(=O)O)C2)c2ccccc2C)c1. The topological polar surface area (TPSA) is 59.0 Å². The number of rotatable bonds is 8. The minimum absolute atomic E-state index is 0.265. The Kier molecular flexibility index (Phi) is 7.30. The van der Waals surface area contributed by atoms with Crippen molar-refractivity contribution in [2.24, 2.45) is 5.92 Å². The van der Waals surface area contributed by atoms with Gasteiger partial charge in [-0.15, -0.1) is 0 Å². The van der Waals surface area contributed by atoms with E-state index < -0.39 is 5.97 Å². The van der Waals surface area contributed by atoms with Crippen LogP contribution in [0, 0.1) is 12.8 Å². The van der Waals surface area contributed by atoms with Crippen molar-refractivity contribution in [3.8, 4) is 5.75 Å². The zero-order valence-electron chi connectivity index (χ0n) is 17.1. The highest BCUT2D eigenvalue weighted by atomic mass is 16.5. The van der Waals surface area contributed by atoms with Gasteiger partial charge in [0.1, 0.15) is 12.4 Å². The summed E-state index contributed by atoms with van der Waals surface area (Å²) in [7, 11) is 1.66. The van der Waals surface area contributed by atoms with E-state index in [9.17, 15) is 9.90 Å². The van der Waals surface area contributed by atoms with Crippen molar-refractivity contribution >= 4 is 11.5 Å². The molecule has 1 N–H and O–H groups in total. The number of aliphatic carboxylic acids is 1. The second-order valence-corrected chi connectivity index (χ2v) is 7.43. The lowest BCUT2D eigenvalue weighted by Crippen LogP contribution is -2.40. The number of piperidine rings is 1. The summed E-state index contributed by atoms with van der Waals surface area (Å²) in [6.07, 6.45) is 3.50. The van der Waals surface area contributed by atoms with Crippen LogP contribution in [0.3, 0.4) is 0 Å². The standard InChI is InChI=1S/C24H29NO4/c1-18-7-3-4-11-22(18)23(19-8-5-10-21(15-19)28-2)17-29-14-13-25-12-6-9-20(16-25)24(26)27/h3-5,7-8,10-11,15,17,20H,6,9,12-14,16H2,1-2H3,(H,26,27)/b23-17-/t20-/m1/s1. The molecule has 5 heteroatoms. The molecular formula is C24H29NO4.